The fourth-order valence-electron chi connectivity index (χ4n) is 2.49. The fourth-order valence-corrected chi connectivity index (χ4v) is 2.49. The first-order chi connectivity index (χ1) is 10.7. The third kappa shape index (κ3) is 3.94. The van der Waals surface area contributed by atoms with Crippen molar-refractivity contribution in [1.82, 2.24) is 4.98 Å². The Labute approximate surface area is 134 Å². The van der Waals surface area contributed by atoms with Gasteiger partial charge in [-0.3, -0.25) is 0 Å². The molecule has 114 valence electrons. The molecule has 0 saturated heterocycles. The summed E-state index contributed by atoms with van der Waals surface area (Å²) in [7, 11) is 0. The predicted molar refractivity (Wildman–Crippen MR) is 96.7 cm³/mol. The highest BCUT2D eigenvalue weighted by molar-refractivity contribution is 5.75. The average molecular weight is 291 g/mol. The molecule has 1 heteroatoms. The summed E-state index contributed by atoms with van der Waals surface area (Å²) in [5.41, 5.74) is 5.79. The van der Waals surface area contributed by atoms with E-state index >= 15 is 0 Å². The van der Waals surface area contributed by atoms with Crippen molar-refractivity contribution in [1.29, 1.82) is 0 Å². The zero-order valence-corrected chi connectivity index (χ0v) is 14.0. The van der Waals surface area contributed by atoms with Gasteiger partial charge in [-0.2, -0.15) is 0 Å². The maximum Gasteiger partial charge on any atom is 0.0712 e. The van der Waals surface area contributed by atoms with Gasteiger partial charge < -0.3 is 0 Å². The highest BCUT2D eigenvalue weighted by Gasteiger charge is 2.09. The van der Waals surface area contributed by atoms with Crippen LogP contribution in [0.5, 0.6) is 0 Å². The molecule has 3 rings (SSSR count). The van der Waals surface area contributed by atoms with Gasteiger partial charge in [0.1, 0.15) is 0 Å². The van der Waals surface area contributed by atoms with Gasteiger partial charge >= 0.3 is 0 Å². The molecule has 1 aliphatic rings. The molecule has 0 spiro atoms. The van der Waals surface area contributed by atoms with E-state index in [9.17, 15) is 0 Å². The van der Waals surface area contributed by atoms with Gasteiger partial charge in [0.15, 0.2) is 0 Å². The zero-order chi connectivity index (χ0) is 15.9. The SMILES string of the molecule is CC.Cc1cc(C2=CCC(C)C=C2)nc(-c2ccccc2)c1. The van der Waals surface area contributed by atoms with E-state index in [1.807, 2.05) is 19.9 Å². The predicted octanol–water partition coefficient (Wildman–Crippen LogP) is 6.06. The highest BCUT2D eigenvalue weighted by Crippen LogP contribution is 2.26. The number of allylic oxidation sites excluding steroid dienone is 4. The Morgan fingerprint density at radius 2 is 1.68 bits per heavy atom. The molecule has 1 nitrogen and oxygen atoms in total. The summed E-state index contributed by atoms with van der Waals surface area (Å²) >= 11 is 0. The second-order valence-corrected chi connectivity index (χ2v) is 5.51. The van der Waals surface area contributed by atoms with Gasteiger partial charge in [-0.25, -0.2) is 4.98 Å². The quantitative estimate of drug-likeness (QED) is 0.655. The average Bonchev–Trinajstić information content (AvgIpc) is 2.57. The summed E-state index contributed by atoms with van der Waals surface area (Å²) in [6.07, 6.45) is 7.86. The normalized spacial score (nSPS) is 16.5. The van der Waals surface area contributed by atoms with Gasteiger partial charge in [0, 0.05) is 5.56 Å². The third-order valence-corrected chi connectivity index (χ3v) is 3.65. The summed E-state index contributed by atoms with van der Waals surface area (Å²) in [6, 6.07) is 14.7. The maximum atomic E-state index is 4.83. The van der Waals surface area contributed by atoms with E-state index in [-0.39, 0.29) is 0 Å². The van der Waals surface area contributed by atoms with Crippen LogP contribution in [0.4, 0.5) is 0 Å². The molecular weight excluding hydrogens is 266 g/mol. The second kappa shape index (κ2) is 7.74. The van der Waals surface area contributed by atoms with E-state index in [4.69, 9.17) is 4.98 Å². The lowest BCUT2D eigenvalue weighted by molar-refractivity contribution is 0.738. The van der Waals surface area contributed by atoms with Crippen LogP contribution in [0.2, 0.25) is 0 Å². The van der Waals surface area contributed by atoms with Crippen LogP contribution in [-0.4, -0.2) is 4.98 Å². The number of aromatic nitrogens is 1. The minimum atomic E-state index is 0.636. The molecule has 0 radical (unpaired) electrons. The number of rotatable bonds is 2. The van der Waals surface area contributed by atoms with Crippen molar-refractivity contribution < 1.29 is 0 Å². The number of hydrogen-bond donors (Lipinski definition) is 0. The summed E-state index contributed by atoms with van der Waals surface area (Å²) in [5.74, 6) is 0.636. The Bertz CT molecular complexity index is 666. The van der Waals surface area contributed by atoms with E-state index in [1.54, 1.807) is 0 Å². The van der Waals surface area contributed by atoms with Crippen LogP contribution in [-0.2, 0) is 0 Å². The summed E-state index contributed by atoms with van der Waals surface area (Å²) in [6.45, 7) is 8.37. The van der Waals surface area contributed by atoms with Crippen molar-refractivity contribution in [2.45, 2.75) is 34.1 Å². The molecule has 1 aromatic carbocycles. The Morgan fingerprint density at radius 1 is 1.00 bits per heavy atom. The summed E-state index contributed by atoms with van der Waals surface area (Å²) in [4.78, 5) is 4.83. The largest absolute Gasteiger partial charge is 0.248 e. The molecule has 0 saturated carbocycles. The van der Waals surface area contributed by atoms with Crippen molar-refractivity contribution in [3.05, 3.63) is 72.0 Å². The highest BCUT2D eigenvalue weighted by atomic mass is 14.7. The van der Waals surface area contributed by atoms with E-state index in [0.717, 1.165) is 17.8 Å². The molecule has 0 aliphatic heterocycles. The number of aryl methyl sites for hydroxylation is 1. The first-order valence-corrected chi connectivity index (χ1v) is 8.15. The van der Waals surface area contributed by atoms with Gasteiger partial charge in [-0.1, -0.05) is 69.3 Å². The summed E-state index contributed by atoms with van der Waals surface area (Å²) in [5, 5.41) is 0. The molecule has 1 aromatic heterocycles. The second-order valence-electron chi connectivity index (χ2n) is 5.51. The van der Waals surface area contributed by atoms with E-state index in [0.29, 0.717) is 5.92 Å². The van der Waals surface area contributed by atoms with Gasteiger partial charge in [0.05, 0.1) is 11.4 Å². The van der Waals surface area contributed by atoms with Crippen LogP contribution in [0.25, 0.3) is 16.8 Å². The van der Waals surface area contributed by atoms with Crippen LogP contribution >= 0.6 is 0 Å². The molecule has 1 aliphatic carbocycles. The van der Waals surface area contributed by atoms with Crippen molar-refractivity contribution in [2.75, 3.05) is 0 Å². The van der Waals surface area contributed by atoms with Crippen molar-refractivity contribution in [3.8, 4) is 11.3 Å². The smallest absolute Gasteiger partial charge is 0.0712 e. The lowest BCUT2D eigenvalue weighted by Crippen LogP contribution is -1.98. The van der Waals surface area contributed by atoms with Gasteiger partial charge in [0.2, 0.25) is 0 Å². The fraction of sp³-hybridized carbons (Fsp3) is 0.286. The molecule has 1 unspecified atom stereocenters. The van der Waals surface area contributed by atoms with Crippen LogP contribution in [0.3, 0.4) is 0 Å². The monoisotopic (exact) mass is 291 g/mol. The lowest BCUT2D eigenvalue weighted by Gasteiger charge is -2.13. The first-order valence-electron chi connectivity index (χ1n) is 8.15. The molecule has 2 aromatic rings. The summed E-state index contributed by atoms with van der Waals surface area (Å²) < 4.78 is 0. The molecule has 0 fully saturated rings. The van der Waals surface area contributed by atoms with Crippen LogP contribution in [0, 0.1) is 12.8 Å². The standard InChI is InChI=1S/C19H19N.C2H6/c1-14-8-10-17(11-9-14)19-13-15(2)12-18(20-19)16-6-4-3-5-7-16;1-2/h3-8,10-14H,9H2,1-2H3;1-2H3. The van der Waals surface area contributed by atoms with Crippen molar-refractivity contribution in [2.24, 2.45) is 5.92 Å². The minimum absolute atomic E-state index is 0.636. The van der Waals surface area contributed by atoms with E-state index in [1.165, 1.54) is 16.7 Å². The molecule has 0 bridgehead atoms. The third-order valence-electron chi connectivity index (χ3n) is 3.65. The van der Waals surface area contributed by atoms with Crippen LogP contribution in [0.1, 0.15) is 38.4 Å². The van der Waals surface area contributed by atoms with Crippen molar-refractivity contribution in [3.63, 3.8) is 0 Å². The number of pyridine rings is 1. The Morgan fingerprint density at radius 3 is 2.32 bits per heavy atom. The number of hydrogen-bond acceptors (Lipinski definition) is 1. The molecule has 0 amide bonds. The Hall–Kier alpha value is -2.15. The van der Waals surface area contributed by atoms with Gasteiger partial charge in [-0.05, 0) is 42.5 Å². The van der Waals surface area contributed by atoms with Gasteiger partial charge in [-0.15, -0.1) is 0 Å². The van der Waals surface area contributed by atoms with E-state index in [2.05, 4.69) is 68.5 Å². The van der Waals surface area contributed by atoms with Crippen LogP contribution < -0.4 is 0 Å². The number of nitrogens with zero attached hydrogens (tertiary/aromatic N) is 1. The minimum Gasteiger partial charge on any atom is -0.248 e. The van der Waals surface area contributed by atoms with Crippen LogP contribution in [0.15, 0.2) is 60.7 Å². The zero-order valence-electron chi connectivity index (χ0n) is 14.0. The van der Waals surface area contributed by atoms with Gasteiger partial charge in [0.25, 0.3) is 0 Å². The Kier molecular flexibility index (Phi) is 5.71. The maximum absolute atomic E-state index is 4.83. The molecule has 1 atom stereocenters. The topological polar surface area (TPSA) is 12.9 Å². The van der Waals surface area contributed by atoms with E-state index < -0.39 is 0 Å². The van der Waals surface area contributed by atoms with Crippen molar-refractivity contribution >= 4 is 5.57 Å². The molecule has 1 heterocycles. The lowest BCUT2D eigenvalue weighted by atomic mass is 9.96. The first kappa shape index (κ1) is 16.2. The molecule has 22 heavy (non-hydrogen) atoms. The Balaban J connectivity index is 0.000000847. The number of benzene rings is 1. The molecular formula is C21H25N. The molecule has 0 N–H and O–H groups in total.